The highest BCUT2D eigenvalue weighted by Crippen LogP contribution is 2.35. The second-order valence-electron chi connectivity index (χ2n) is 4.47. The van der Waals surface area contributed by atoms with E-state index in [1.807, 2.05) is 0 Å². The Morgan fingerprint density at radius 3 is 2.76 bits per heavy atom. The quantitative estimate of drug-likeness (QED) is 0.669. The van der Waals surface area contributed by atoms with Crippen molar-refractivity contribution in [3.63, 3.8) is 0 Å². The smallest absolute Gasteiger partial charge is 0.327 e. The average Bonchev–Trinajstić information content (AvgIpc) is 2.94. The molecule has 1 aromatic carbocycles. The first-order chi connectivity index (χ1) is 10.2. The van der Waals surface area contributed by atoms with Gasteiger partial charge in [-0.15, -0.1) is 10.2 Å². The molecule has 21 heavy (non-hydrogen) atoms. The molecule has 3 heterocycles. The van der Waals surface area contributed by atoms with Crippen molar-refractivity contribution in [2.24, 2.45) is 0 Å². The molecule has 1 aliphatic heterocycles. The van der Waals surface area contributed by atoms with Gasteiger partial charge in [-0.05, 0) is 24.3 Å². The molecule has 0 atom stereocenters. The second-order valence-corrected chi connectivity index (χ2v) is 4.47. The molecular weight excluding hydrogens is 276 g/mol. The predicted molar refractivity (Wildman–Crippen MR) is 72.3 cm³/mol. The van der Waals surface area contributed by atoms with E-state index in [0.29, 0.717) is 17.2 Å². The van der Waals surface area contributed by atoms with Gasteiger partial charge in [-0.2, -0.15) is 0 Å². The standard InChI is InChI=1S/C13H8N4O4/c18-12-7-4-8(16-17-11(7)14-13(19)15-12)6-1-2-9-10(3-6)21-5-20-9/h1-4H,5H2,(H2,14,15,17,18,19). The van der Waals surface area contributed by atoms with Gasteiger partial charge < -0.3 is 9.47 Å². The second kappa shape index (κ2) is 4.17. The molecule has 0 unspecified atom stereocenters. The summed E-state index contributed by atoms with van der Waals surface area (Å²) in [4.78, 5) is 27.5. The van der Waals surface area contributed by atoms with Crippen LogP contribution in [0.15, 0.2) is 33.9 Å². The van der Waals surface area contributed by atoms with Gasteiger partial charge in [0.2, 0.25) is 6.79 Å². The number of fused-ring (bicyclic) bond motifs is 2. The lowest BCUT2D eigenvalue weighted by Gasteiger charge is -2.03. The first-order valence-corrected chi connectivity index (χ1v) is 6.11. The van der Waals surface area contributed by atoms with Crippen LogP contribution < -0.4 is 20.7 Å². The van der Waals surface area contributed by atoms with Crippen molar-refractivity contribution >= 4 is 11.0 Å². The molecule has 8 heteroatoms. The van der Waals surface area contributed by atoms with E-state index in [9.17, 15) is 9.59 Å². The van der Waals surface area contributed by atoms with E-state index in [2.05, 4.69) is 20.2 Å². The summed E-state index contributed by atoms with van der Waals surface area (Å²) in [7, 11) is 0. The largest absolute Gasteiger partial charge is 0.454 e. The van der Waals surface area contributed by atoms with Crippen LogP contribution >= 0.6 is 0 Å². The highest BCUT2D eigenvalue weighted by molar-refractivity contribution is 5.78. The number of hydrogen-bond donors (Lipinski definition) is 2. The van der Waals surface area contributed by atoms with E-state index in [-0.39, 0.29) is 17.8 Å². The summed E-state index contributed by atoms with van der Waals surface area (Å²) < 4.78 is 10.5. The fraction of sp³-hybridized carbons (Fsp3) is 0.0769. The lowest BCUT2D eigenvalue weighted by molar-refractivity contribution is 0.174. The molecule has 1 aliphatic rings. The molecule has 0 radical (unpaired) electrons. The van der Waals surface area contributed by atoms with Crippen molar-refractivity contribution in [3.8, 4) is 22.8 Å². The maximum atomic E-state index is 11.8. The number of aromatic amines is 2. The van der Waals surface area contributed by atoms with E-state index in [4.69, 9.17) is 9.47 Å². The lowest BCUT2D eigenvalue weighted by atomic mass is 10.1. The van der Waals surface area contributed by atoms with Crippen molar-refractivity contribution in [3.05, 3.63) is 45.1 Å². The number of rotatable bonds is 1. The third-order valence-corrected chi connectivity index (χ3v) is 3.17. The van der Waals surface area contributed by atoms with Crippen LogP contribution in [0.3, 0.4) is 0 Å². The number of benzene rings is 1. The Hall–Kier alpha value is -3.16. The Balaban J connectivity index is 1.91. The Labute approximate surface area is 116 Å². The van der Waals surface area contributed by atoms with Crippen LogP contribution in [0.5, 0.6) is 11.5 Å². The molecule has 0 amide bonds. The van der Waals surface area contributed by atoms with Crippen molar-refractivity contribution in [1.82, 2.24) is 20.2 Å². The van der Waals surface area contributed by atoms with Gasteiger partial charge in [0.05, 0.1) is 11.1 Å². The van der Waals surface area contributed by atoms with E-state index in [1.54, 1.807) is 24.3 Å². The van der Waals surface area contributed by atoms with Gasteiger partial charge in [0.25, 0.3) is 5.56 Å². The van der Waals surface area contributed by atoms with Crippen molar-refractivity contribution in [2.45, 2.75) is 0 Å². The Bertz CT molecular complexity index is 976. The topological polar surface area (TPSA) is 110 Å². The van der Waals surface area contributed by atoms with Crippen LogP contribution in [0.25, 0.3) is 22.3 Å². The van der Waals surface area contributed by atoms with Gasteiger partial charge in [-0.1, -0.05) is 0 Å². The highest BCUT2D eigenvalue weighted by Gasteiger charge is 2.15. The van der Waals surface area contributed by atoms with Crippen molar-refractivity contribution < 1.29 is 9.47 Å². The molecule has 2 N–H and O–H groups in total. The molecule has 0 spiro atoms. The van der Waals surface area contributed by atoms with Crippen molar-refractivity contribution in [2.75, 3.05) is 6.79 Å². The normalized spacial score (nSPS) is 12.8. The molecule has 0 bridgehead atoms. The number of nitrogens with one attached hydrogen (secondary N) is 2. The van der Waals surface area contributed by atoms with Gasteiger partial charge >= 0.3 is 5.69 Å². The number of aromatic nitrogens is 4. The maximum Gasteiger partial charge on any atom is 0.327 e. The summed E-state index contributed by atoms with van der Waals surface area (Å²) in [6.45, 7) is 0.184. The maximum absolute atomic E-state index is 11.8. The number of ether oxygens (including phenoxy) is 2. The molecule has 0 saturated heterocycles. The van der Waals surface area contributed by atoms with Crippen LogP contribution in [0.4, 0.5) is 0 Å². The van der Waals surface area contributed by atoms with Crippen LogP contribution in [0, 0.1) is 0 Å². The first kappa shape index (κ1) is 11.6. The fourth-order valence-corrected chi connectivity index (χ4v) is 2.16. The third-order valence-electron chi connectivity index (χ3n) is 3.17. The summed E-state index contributed by atoms with van der Waals surface area (Å²) >= 11 is 0. The van der Waals surface area contributed by atoms with Crippen LogP contribution in [0.2, 0.25) is 0 Å². The van der Waals surface area contributed by atoms with Gasteiger partial charge in [-0.3, -0.25) is 14.8 Å². The Kier molecular flexibility index (Phi) is 2.31. The summed E-state index contributed by atoms with van der Waals surface area (Å²) in [5, 5.41) is 8.15. The molecule has 0 fully saturated rings. The fourth-order valence-electron chi connectivity index (χ4n) is 2.16. The Morgan fingerprint density at radius 1 is 1.00 bits per heavy atom. The van der Waals surface area contributed by atoms with Gasteiger partial charge in [-0.25, -0.2) is 4.79 Å². The SMILES string of the molecule is O=c1[nH]c(=O)c2cc(-c3ccc4c(c3)OCO4)nnc2[nH]1. The van der Waals surface area contributed by atoms with E-state index < -0.39 is 11.2 Å². The zero-order chi connectivity index (χ0) is 14.4. The molecule has 2 aromatic heterocycles. The molecule has 0 aliphatic carbocycles. The molecule has 104 valence electrons. The van der Waals surface area contributed by atoms with Crippen LogP contribution in [-0.2, 0) is 0 Å². The zero-order valence-corrected chi connectivity index (χ0v) is 10.5. The monoisotopic (exact) mass is 284 g/mol. The van der Waals surface area contributed by atoms with Gasteiger partial charge in [0.1, 0.15) is 0 Å². The molecular formula is C13H8N4O4. The predicted octanol–water partition coefficient (Wildman–Crippen LogP) is 0.402. The molecule has 0 saturated carbocycles. The van der Waals surface area contributed by atoms with Crippen molar-refractivity contribution in [1.29, 1.82) is 0 Å². The number of H-pyrrole nitrogens is 2. The van der Waals surface area contributed by atoms with E-state index in [0.717, 1.165) is 5.56 Å². The first-order valence-electron chi connectivity index (χ1n) is 6.11. The minimum atomic E-state index is -0.613. The summed E-state index contributed by atoms with van der Waals surface area (Å²) in [5.41, 5.74) is 0.258. The Morgan fingerprint density at radius 2 is 1.86 bits per heavy atom. The summed E-state index contributed by atoms with van der Waals surface area (Å²) in [6, 6.07) is 6.89. The molecule has 8 nitrogen and oxygen atoms in total. The number of nitrogens with zero attached hydrogens (tertiary/aromatic N) is 2. The van der Waals surface area contributed by atoms with Crippen LogP contribution in [-0.4, -0.2) is 27.0 Å². The zero-order valence-electron chi connectivity index (χ0n) is 10.5. The van der Waals surface area contributed by atoms with E-state index >= 15 is 0 Å². The van der Waals surface area contributed by atoms with Gasteiger partial charge in [0.15, 0.2) is 17.1 Å². The minimum absolute atomic E-state index is 0.147. The molecule has 3 aromatic rings. The third kappa shape index (κ3) is 1.84. The highest BCUT2D eigenvalue weighted by atomic mass is 16.7. The van der Waals surface area contributed by atoms with Gasteiger partial charge in [0, 0.05) is 5.56 Å². The summed E-state index contributed by atoms with van der Waals surface area (Å²) in [5.74, 6) is 1.28. The minimum Gasteiger partial charge on any atom is -0.454 e. The number of hydrogen-bond acceptors (Lipinski definition) is 6. The van der Waals surface area contributed by atoms with E-state index in [1.165, 1.54) is 0 Å². The lowest BCUT2D eigenvalue weighted by Crippen LogP contribution is -2.22. The average molecular weight is 284 g/mol. The van der Waals surface area contributed by atoms with Crippen LogP contribution in [0.1, 0.15) is 0 Å². The summed E-state index contributed by atoms with van der Waals surface area (Å²) in [6.07, 6.45) is 0. The molecule has 4 rings (SSSR count).